The number of amides is 1. The van der Waals surface area contributed by atoms with Crippen molar-refractivity contribution >= 4 is 23.1 Å². The van der Waals surface area contributed by atoms with E-state index in [0.717, 1.165) is 6.42 Å². The third kappa shape index (κ3) is 4.21. The molecule has 19 heavy (non-hydrogen) atoms. The molecule has 4 nitrogen and oxygen atoms in total. The Morgan fingerprint density at radius 1 is 1.47 bits per heavy atom. The lowest BCUT2D eigenvalue weighted by atomic mass is 10.2. The summed E-state index contributed by atoms with van der Waals surface area (Å²) in [4.78, 5) is 13.9. The monoisotopic (exact) mass is 280 g/mol. The number of benzene rings is 1. The molecule has 1 unspecified atom stereocenters. The fourth-order valence-electron chi connectivity index (χ4n) is 1.56. The van der Waals surface area contributed by atoms with E-state index in [2.05, 4.69) is 0 Å². The third-order valence-corrected chi connectivity index (χ3v) is 3.37. The summed E-state index contributed by atoms with van der Waals surface area (Å²) in [7, 11) is 1.78. The number of rotatable bonds is 6. The maximum absolute atomic E-state index is 11.9. The van der Waals surface area contributed by atoms with Crippen molar-refractivity contribution in [2.75, 3.05) is 13.7 Å². The van der Waals surface area contributed by atoms with Gasteiger partial charge in [-0.1, -0.05) is 31.3 Å². The average Bonchev–Trinajstić information content (AvgIpc) is 2.43. The van der Waals surface area contributed by atoms with Gasteiger partial charge in [0.15, 0.2) is 6.61 Å². The van der Waals surface area contributed by atoms with Gasteiger partial charge in [0.25, 0.3) is 5.91 Å². The molecule has 0 saturated carbocycles. The molecule has 2 N–H and O–H groups in total. The molecule has 0 aliphatic heterocycles. The van der Waals surface area contributed by atoms with Crippen LogP contribution in [0.3, 0.4) is 0 Å². The Morgan fingerprint density at radius 2 is 2.11 bits per heavy atom. The SMILES string of the molecule is CCC(C)N(C)C(=O)COc1ccccc1C(N)=S. The summed E-state index contributed by atoms with van der Waals surface area (Å²) in [6.45, 7) is 4.03. The molecule has 0 aromatic heterocycles. The molecule has 1 amide bonds. The number of hydrogen-bond acceptors (Lipinski definition) is 3. The van der Waals surface area contributed by atoms with Crippen LogP contribution in [0.25, 0.3) is 0 Å². The molecule has 1 aromatic carbocycles. The zero-order valence-corrected chi connectivity index (χ0v) is 12.4. The Balaban J connectivity index is 2.67. The molecule has 1 atom stereocenters. The standard InChI is InChI=1S/C14H20N2O2S/c1-4-10(2)16(3)13(17)9-18-12-8-6-5-7-11(12)14(15)19/h5-8,10H,4,9H2,1-3H3,(H2,15,19). The second-order valence-corrected chi connectivity index (χ2v) is 4.85. The molecule has 1 aromatic rings. The molecule has 1 rings (SSSR count). The van der Waals surface area contributed by atoms with Crippen molar-refractivity contribution in [3.63, 3.8) is 0 Å². The van der Waals surface area contributed by atoms with Gasteiger partial charge >= 0.3 is 0 Å². The number of likely N-dealkylation sites (N-methyl/N-ethyl adjacent to an activating group) is 1. The number of hydrogen-bond donors (Lipinski definition) is 1. The summed E-state index contributed by atoms with van der Waals surface area (Å²) in [5.41, 5.74) is 6.26. The van der Waals surface area contributed by atoms with Gasteiger partial charge in [-0.25, -0.2) is 0 Å². The fourth-order valence-corrected chi connectivity index (χ4v) is 1.73. The van der Waals surface area contributed by atoms with Crippen LogP contribution in [0.4, 0.5) is 0 Å². The highest BCUT2D eigenvalue weighted by atomic mass is 32.1. The first kappa shape index (κ1) is 15.4. The van der Waals surface area contributed by atoms with E-state index in [1.807, 2.05) is 26.0 Å². The second kappa shape index (κ2) is 7.09. The second-order valence-electron chi connectivity index (χ2n) is 4.41. The Kier molecular flexibility index (Phi) is 5.76. The van der Waals surface area contributed by atoms with E-state index in [1.54, 1.807) is 24.1 Å². The summed E-state index contributed by atoms with van der Waals surface area (Å²) < 4.78 is 5.52. The minimum absolute atomic E-state index is 0.0134. The normalized spacial score (nSPS) is 11.7. The molecular weight excluding hydrogens is 260 g/mol. The van der Waals surface area contributed by atoms with E-state index in [1.165, 1.54) is 0 Å². The van der Waals surface area contributed by atoms with Crippen LogP contribution in [-0.2, 0) is 4.79 Å². The molecule has 0 saturated heterocycles. The fraction of sp³-hybridized carbons (Fsp3) is 0.429. The molecule has 0 aliphatic rings. The van der Waals surface area contributed by atoms with Crippen molar-refractivity contribution in [2.24, 2.45) is 5.73 Å². The van der Waals surface area contributed by atoms with Gasteiger partial charge in [0, 0.05) is 13.1 Å². The highest BCUT2D eigenvalue weighted by Gasteiger charge is 2.15. The number of nitrogens with two attached hydrogens (primary N) is 1. The molecule has 0 fully saturated rings. The summed E-state index contributed by atoms with van der Waals surface area (Å²) in [5, 5.41) is 0. The van der Waals surface area contributed by atoms with Gasteiger partial charge in [0.05, 0.1) is 5.56 Å². The number of carbonyl (C=O) groups excluding carboxylic acids is 1. The average molecular weight is 280 g/mol. The van der Waals surface area contributed by atoms with Crippen molar-refractivity contribution in [3.8, 4) is 5.75 Å². The highest BCUT2D eigenvalue weighted by molar-refractivity contribution is 7.80. The van der Waals surface area contributed by atoms with Gasteiger partial charge in [-0.2, -0.15) is 0 Å². The number of thiocarbonyl (C=S) groups is 1. The molecule has 0 bridgehead atoms. The number of ether oxygens (including phenoxy) is 1. The summed E-state index contributed by atoms with van der Waals surface area (Å²) >= 11 is 4.94. The molecule has 0 heterocycles. The minimum atomic E-state index is -0.0629. The van der Waals surface area contributed by atoms with Crippen LogP contribution in [0.5, 0.6) is 5.75 Å². The van der Waals surface area contributed by atoms with E-state index in [0.29, 0.717) is 11.3 Å². The van der Waals surface area contributed by atoms with Crippen molar-refractivity contribution < 1.29 is 9.53 Å². The van der Waals surface area contributed by atoms with Crippen molar-refractivity contribution in [1.29, 1.82) is 0 Å². The highest BCUT2D eigenvalue weighted by Crippen LogP contribution is 2.17. The van der Waals surface area contributed by atoms with Gasteiger partial charge < -0.3 is 15.4 Å². The van der Waals surface area contributed by atoms with Crippen LogP contribution in [0.1, 0.15) is 25.8 Å². The lowest BCUT2D eigenvalue weighted by Gasteiger charge is -2.24. The topological polar surface area (TPSA) is 55.6 Å². The Hall–Kier alpha value is -1.62. The van der Waals surface area contributed by atoms with Crippen LogP contribution in [0.15, 0.2) is 24.3 Å². The quantitative estimate of drug-likeness (QED) is 0.809. The molecule has 0 spiro atoms. The Labute approximate surface area is 119 Å². The third-order valence-electron chi connectivity index (χ3n) is 3.15. The Bertz CT molecular complexity index is 463. The summed E-state index contributed by atoms with van der Waals surface area (Å²) in [6, 6.07) is 7.38. The smallest absolute Gasteiger partial charge is 0.260 e. The first-order valence-electron chi connectivity index (χ1n) is 6.24. The van der Waals surface area contributed by atoms with E-state index >= 15 is 0 Å². The van der Waals surface area contributed by atoms with Crippen LogP contribution in [0, 0.1) is 0 Å². The molecule has 0 aliphatic carbocycles. The van der Waals surface area contributed by atoms with Crippen molar-refractivity contribution in [1.82, 2.24) is 4.90 Å². The Morgan fingerprint density at radius 3 is 2.68 bits per heavy atom. The van der Waals surface area contributed by atoms with Gasteiger partial charge in [0.1, 0.15) is 10.7 Å². The van der Waals surface area contributed by atoms with E-state index in [4.69, 9.17) is 22.7 Å². The predicted molar refractivity (Wildman–Crippen MR) is 80.3 cm³/mol. The zero-order valence-electron chi connectivity index (χ0n) is 11.6. The lowest BCUT2D eigenvalue weighted by molar-refractivity contribution is -0.133. The van der Waals surface area contributed by atoms with Crippen LogP contribution >= 0.6 is 12.2 Å². The van der Waals surface area contributed by atoms with Gasteiger partial charge in [-0.3, -0.25) is 4.79 Å². The van der Waals surface area contributed by atoms with E-state index in [-0.39, 0.29) is 23.5 Å². The molecule has 5 heteroatoms. The predicted octanol–water partition coefficient (Wildman–Crippen LogP) is 1.96. The number of carbonyl (C=O) groups is 1. The number of para-hydroxylation sites is 1. The lowest BCUT2D eigenvalue weighted by Crippen LogP contribution is -2.37. The van der Waals surface area contributed by atoms with Gasteiger partial charge in [-0.05, 0) is 25.5 Å². The first-order chi connectivity index (χ1) is 8.97. The van der Waals surface area contributed by atoms with Crippen LogP contribution < -0.4 is 10.5 Å². The molecular formula is C14H20N2O2S. The first-order valence-corrected chi connectivity index (χ1v) is 6.65. The molecule has 0 radical (unpaired) electrons. The van der Waals surface area contributed by atoms with Crippen LogP contribution in [-0.4, -0.2) is 35.5 Å². The van der Waals surface area contributed by atoms with Crippen molar-refractivity contribution in [2.45, 2.75) is 26.3 Å². The molecule has 104 valence electrons. The van der Waals surface area contributed by atoms with E-state index in [9.17, 15) is 4.79 Å². The zero-order chi connectivity index (χ0) is 14.4. The minimum Gasteiger partial charge on any atom is -0.483 e. The van der Waals surface area contributed by atoms with Crippen LogP contribution in [0.2, 0.25) is 0 Å². The summed E-state index contributed by atoms with van der Waals surface area (Å²) in [5.74, 6) is 0.480. The maximum atomic E-state index is 11.9. The van der Waals surface area contributed by atoms with Gasteiger partial charge in [-0.15, -0.1) is 0 Å². The van der Waals surface area contributed by atoms with E-state index < -0.39 is 0 Å². The largest absolute Gasteiger partial charge is 0.483 e. The van der Waals surface area contributed by atoms with Gasteiger partial charge in [0.2, 0.25) is 0 Å². The van der Waals surface area contributed by atoms with Crippen molar-refractivity contribution in [3.05, 3.63) is 29.8 Å². The summed E-state index contributed by atoms with van der Waals surface area (Å²) in [6.07, 6.45) is 0.908. The maximum Gasteiger partial charge on any atom is 0.260 e. The number of nitrogens with zero attached hydrogens (tertiary/aromatic N) is 1.